The Morgan fingerprint density at radius 3 is 2.13 bits per heavy atom. The fraction of sp³-hybridized carbons (Fsp3) is 0.700. The summed E-state index contributed by atoms with van der Waals surface area (Å²) in [5.74, 6) is -0.150. The number of phenols is 3. The molecule has 0 aliphatic heterocycles. The number of hydrogen-bond acceptors (Lipinski definition) is 3. The Labute approximate surface area is 140 Å². The molecule has 0 amide bonds. The third-order valence-electron chi connectivity index (χ3n) is 5.14. The highest BCUT2D eigenvalue weighted by atomic mass is 16.3. The molecule has 0 unspecified atom stereocenters. The molecule has 3 heteroatoms. The maximum absolute atomic E-state index is 10.2. The summed E-state index contributed by atoms with van der Waals surface area (Å²) >= 11 is 0. The second kappa shape index (κ2) is 6.62. The molecule has 0 saturated heterocycles. The van der Waals surface area contributed by atoms with Crippen molar-refractivity contribution in [2.24, 2.45) is 10.8 Å². The van der Waals surface area contributed by atoms with E-state index in [1.54, 1.807) is 0 Å². The first-order chi connectivity index (χ1) is 10.6. The number of benzene rings is 1. The highest BCUT2D eigenvalue weighted by molar-refractivity contribution is 5.55. The molecule has 0 aromatic heterocycles. The van der Waals surface area contributed by atoms with Gasteiger partial charge in [-0.2, -0.15) is 0 Å². The SMILES string of the molecule is CC(C)(C)CCCc1c(O)c(O)cc(O)c1CCCC1(C)CC1. The molecule has 1 fully saturated rings. The van der Waals surface area contributed by atoms with Crippen LogP contribution >= 0.6 is 0 Å². The predicted octanol–water partition coefficient (Wildman–Crippen LogP) is 5.30. The fourth-order valence-corrected chi connectivity index (χ4v) is 3.24. The Balaban J connectivity index is 2.09. The number of rotatable bonds is 7. The lowest BCUT2D eigenvalue weighted by molar-refractivity contribution is 0.359. The van der Waals surface area contributed by atoms with E-state index in [1.807, 2.05) is 0 Å². The first-order valence-corrected chi connectivity index (χ1v) is 8.87. The molecular formula is C20H32O3. The monoisotopic (exact) mass is 320 g/mol. The molecule has 1 aromatic rings. The van der Waals surface area contributed by atoms with Gasteiger partial charge in [-0.3, -0.25) is 0 Å². The first-order valence-electron chi connectivity index (χ1n) is 8.87. The molecule has 1 aromatic carbocycles. The van der Waals surface area contributed by atoms with Gasteiger partial charge in [0.15, 0.2) is 11.5 Å². The minimum Gasteiger partial charge on any atom is -0.508 e. The van der Waals surface area contributed by atoms with Crippen molar-refractivity contribution in [1.82, 2.24) is 0 Å². The molecule has 130 valence electrons. The molecule has 1 aliphatic carbocycles. The van der Waals surface area contributed by atoms with E-state index < -0.39 is 0 Å². The van der Waals surface area contributed by atoms with Gasteiger partial charge in [0.25, 0.3) is 0 Å². The lowest BCUT2D eigenvalue weighted by Gasteiger charge is -2.20. The zero-order valence-electron chi connectivity index (χ0n) is 15.1. The van der Waals surface area contributed by atoms with E-state index in [1.165, 1.54) is 18.9 Å². The van der Waals surface area contributed by atoms with Crippen LogP contribution in [0.3, 0.4) is 0 Å². The average Bonchev–Trinajstić information content (AvgIpc) is 3.15. The van der Waals surface area contributed by atoms with Crippen molar-refractivity contribution >= 4 is 0 Å². The van der Waals surface area contributed by atoms with Crippen LogP contribution in [0.2, 0.25) is 0 Å². The molecule has 0 atom stereocenters. The zero-order valence-corrected chi connectivity index (χ0v) is 15.1. The molecule has 0 heterocycles. The maximum atomic E-state index is 10.2. The zero-order chi connectivity index (χ0) is 17.3. The van der Waals surface area contributed by atoms with Crippen molar-refractivity contribution in [2.45, 2.75) is 79.1 Å². The van der Waals surface area contributed by atoms with E-state index >= 15 is 0 Å². The molecule has 1 saturated carbocycles. The van der Waals surface area contributed by atoms with Crippen LogP contribution in [0.15, 0.2) is 6.07 Å². The highest BCUT2D eigenvalue weighted by Gasteiger charge is 2.36. The van der Waals surface area contributed by atoms with E-state index in [0.29, 0.717) is 11.8 Å². The van der Waals surface area contributed by atoms with Gasteiger partial charge in [-0.25, -0.2) is 0 Å². The lowest BCUT2D eigenvalue weighted by atomic mass is 9.87. The van der Waals surface area contributed by atoms with Gasteiger partial charge in [0, 0.05) is 17.2 Å². The van der Waals surface area contributed by atoms with Crippen LogP contribution < -0.4 is 0 Å². The molecular weight excluding hydrogens is 288 g/mol. The van der Waals surface area contributed by atoms with Crippen LogP contribution in [0.25, 0.3) is 0 Å². The van der Waals surface area contributed by atoms with Gasteiger partial charge in [0.1, 0.15) is 5.75 Å². The van der Waals surface area contributed by atoms with Gasteiger partial charge in [-0.05, 0) is 62.2 Å². The van der Waals surface area contributed by atoms with E-state index in [4.69, 9.17) is 0 Å². The number of hydrogen-bond donors (Lipinski definition) is 3. The summed E-state index contributed by atoms with van der Waals surface area (Å²) in [6.07, 6.45) is 8.22. The summed E-state index contributed by atoms with van der Waals surface area (Å²) in [6.45, 7) is 8.91. The summed E-state index contributed by atoms with van der Waals surface area (Å²) in [4.78, 5) is 0. The van der Waals surface area contributed by atoms with Crippen LogP contribution in [0, 0.1) is 10.8 Å². The quantitative estimate of drug-likeness (QED) is 0.472. The Morgan fingerprint density at radius 2 is 1.57 bits per heavy atom. The van der Waals surface area contributed by atoms with E-state index in [9.17, 15) is 15.3 Å². The number of phenolic OH excluding ortho intramolecular Hbond substituents is 3. The van der Waals surface area contributed by atoms with Crippen LogP contribution in [0.4, 0.5) is 0 Å². The maximum Gasteiger partial charge on any atom is 0.161 e. The van der Waals surface area contributed by atoms with E-state index in [-0.39, 0.29) is 22.7 Å². The lowest BCUT2D eigenvalue weighted by Crippen LogP contribution is -2.06. The van der Waals surface area contributed by atoms with Crippen molar-refractivity contribution in [3.05, 3.63) is 17.2 Å². The Kier molecular flexibility index (Phi) is 5.17. The third-order valence-corrected chi connectivity index (χ3v) is 5.14. The minimum absolute atomic E-state index is 0.0515. The minimum atomic E-state index is -0.217. The van der Waals surface area contributed by atoms with Crippen molar-refractivity contribution in [1.29, 1.82) is 0 Å². The molecule has 3 N–H and O–H groups in total. The standard InChI is InChI=1S/C20H32O3/c1-19(2,3)9-5-8-15-14(7-6-10-20(4)11-12-20)16(21)13-17(22)18(15)23/h13,21-23H,5-12H2,1-4H3. The molecule has 23 heavy (non-hydrogen) atoms. The van der Waals surface area contributed by atoms with Gasteiger partial charge in [0.05, 0.1) is 0 Å². The van der Waals surface area contributed by atoms with Gasteiger partial charge >= 0.3 is 0 Å². The molecule has 3 nitrogen and oxygen atoms in total. The van der Waals surface area contributed by atoms with Crippen molar-refractivity contribution < 1.29 is 15.3 Å². The largest absolute Gasteiger partial charge is 0.508 e. The summed E-state index contributed by atoms with van der Waals surface area (Å²) < 4.78 is 0. The Bertz CT molecular complexity index is 551. The predicted molar refractivity (Wildman–Crippen MR) is 94.1 cm³/mol. The molecule has 2 rings (SSSR count). The highest BCUT2D eigenvalue weighted by Crippen LogP contribution is 2.49. The second-order valence-electron chi connectivity index (χ2n) is 8.80. The smallest absolute Gasteiger partial charge is 0.161 e. The third kappa shape index (κ3) is 5.05. The van der Waals surface area contributed by atoms with Crippen LogP contribution in [-0.4, -0.2) is 15.3 Å². The van der Waals surface area contributed by atoms with Crippen molar-refractivity contribution in [2.75, 3.05) is 0 Å². The normalized spacial score (nSPS) is 16.5. The summed E-state index contributed by atoms with van der Waals surface area (Å²) in [7, 11) is 0. The second-order valence-corrected chi connectivity index (χ2v) is 8.80. The molecule has 1 aliphatic rings. The number of aromatic hydroxyl groups is 3. The fourth-order valence-electron chi connectivity index (χ4n) is 3.24. The van der Waals surface area contributed by atoms with E-state index in [2.05, 4.69) is 27.7 Å². The summed E-state index contributed by atoms with van der Waals surface area (Å²) in [6, 6.07) is 1.27. The van der Waals surface area contributed by atoms with Gasteiger partial charge in [-0.1, -0.05) is 27.7 Å². The summed E-state index contributed by atoms with van der Waals surface area (Å²) in [5.41, 5.74) is 2.29. The van der Waals surface area contributed by atoms with Crippen LogP contribution in [0.5, 0.6) is 17.2 Å². The van der Waals surface area contributed by atoms with E-state index in [0.717, 1.165) is 43.2 Å². The van der Waals surface area contributed by atoms with Crippen LogP contribution in [-0.2, 0) is 12.8 Å². The topological polar surface area (TPSA) is 60.7 Å². The van der Waals surface area contributed by atoms with Gasteiger partial charge in [0.2, 0.25) is 0 Å². The van der Waals surface area contributed by atoms with Gasteiger partial charge in [-0.15, -0.1) is 0 Å². The molecule has 0 spiro atoms. The first kappa shape index (κ1) is 18.0. The van der Waals surface area contributed by atoms with Crippen molar-refractivity contribution in [3.8, 4) is 17.2 Å². The van der Waals surface area contributed by atoms with Crippen molar-refractivity contribution in [3.63, 3.8) is 0 Å². The van der Waals surface area contributed by atoms with Gasteiger partial charge < -0.3 is 15.3 Å². The average molecular weight is 320 g/mol. The summed E-state index contributed by atoms with van der Waals surface area (Å²) in [5, 5.41) is 30.3. The van der Waals surface area contributed by atoms with Crippen LogP contribution in [0.1, 0.15) is 77.3 Å². The Morgan fingerprint density at radius 1 is 0.957 bits per heavy atom. The molecule has 0 radical (unpaired) electrons. The molecule has 0 bridgehead atoms. The Hall–Kier alpha value is -1.38.